The maximum atomic E-state index is 12.8. The molecule has 35 heavy (non-hydrogen) atoms. The van der Waals surface area contributed by atoms with Crippen LogP contribution in [0.5, 0.6) is 11.5 Å². The first-order chi connectivity index (χ1) is 16.5. The summed E-state index contributed by atoms with van der Waals surface area (Å²) in [4.78, 5) is 60.5. The number of nitrogens with one attached hydrogen (secondary N) is 4. The first kappa shape index (κ1) is 29.2. The van der Waals surface area contributed by atoms with Gasteiger partial charge in [-0.2, -0.15) is 0 Å². The maximum absolute atomic E-state index is 12.8. The number of carbonyl (C=O) groups is 5. The van der Waals surface area contributed by atoms with E-state index >= 15 is 0 Å². The average molecular weight is 495 g/mol. The summed E-state index contributed by atoms with van der Waals surface area (Å²) < 4.78 is 10.4. The summed E-state index contributed by atoms with van der Waals surface area (Å²) in [6.45, 7) is 4.72. The van der Waals surface area contributed by atoms with Gasteiger partial charge in [0, 0.05) is 12.6 Å². The van der Waals surface area contributed by atoms with Crippen molar-refractivity contribution in [1.82, 2.24) is 21.3 Å². The second-order valence-electron chi connectivity index (χ2n) is 8.14. The number of ketones is 1. The number of benzene rings is 1. The van der Waals surface area contributed by atoms with E-state index in [0.29, 0.717) is 17.1 Å². The van der Waals surface area contributed by atoms with Crippen LogP contribution >= 0.6 is 0 Å². The smallest absolute Gasteiger partial charge is 0.323 e. The van der Waals surface area contributed by atoms with E-state index in [9.17, 15) is 24.0 Å². The minimum absolute atomic E-state index is 0.00413. The van der Waals surface area contributed by atoms with Crippen LogP contribution in [0.15, 0.2) is 18.2 Å². The Labute approximate surface area is 204 Å². The molecule has 0 saturated carbocycles. The van der Waals surface area contributed by atoms with Crippen LogP contribution in [0.4, 0.5) is 4.79 Å². The number of urea groups is 1. The number of carboxylic acid groups (broad SMARTS) is 1. The van der Waals surface area contributed by atoms with Crippen molar-refractivity contribution in [1.29, 1.82) is 0 Å². The van der Waals surface area contributed by atoms with E-state index in [-0.39, 0.29) is 25.3 Å². The molecule has 12 nitrogen and oxygen atoms in total. The quantitative estimate of drug-likeness (QED) is 0.234. The maximum Gasteiger partial charge on any atom is 0.323 e. The molecule has 1 aromatic rings. The minimum atomic E-state index is -1.24. The third-order valence-electron chi connectivity index (χ3n) is 4.86. The molecule has 2 atom stereocenters. The predicted octanol–water partition coefficient (Wildman–Crippen LogP) is 0.582. The van der Waals surface area contributed by atoms with E-state index in [1.54, 1.807) is 25.1 Å². The van der Waals surface area contributed by atoms with Crippen LogP contribution in [0.2, 0.25) is 0 Å². The Kier molecular flexibility index (Phi) is 12.0. The van der Waals surface area contributed by atoms with Gasteiger partial charge in [-0.25, -0.2) is 4.79 Å². The molecule has 4 amide bonds. The van der Waals surface area contributed by atoms with Crippen LogP contribution < -0.4 is 30.7 Å². The molecule has 0 aliphatic rings. The number of hydrogen-bond acceptors (Lipinski definition) is 7. The highest BCUT2D eigenvalue weighted by Gasteiger charge is 2.29. The molecular formula is C23H34N4O8. The molecule has 1 unspecified atom stereocenters. The molecule has 0 fully saturated rings. The number of hydrogen-bond donors (Lipinski definition) is 5. The lowest BCUT2D eigenvalue weighted by molar-refractivity contribution is -0.140. The molecule has 0 bridgehead atoms. The van der Waals surface area contributed by atoms with E-state index in [4.69, 9.17) is 14.6 Å². The molecule has 1 aromatic carbocycles. The number of rotatable bonds is 14. The summed E-state index contributed by atoms with van der Waals surface area (Å²) in [5, 5.41) is 18.2. The van der Waals surface area contributed by atoms with Crippen molar-refractivity contribution in [2.75, 3.05) is 20.8 Å². The molecule has 1 rings (SSSR count). The first-order valence-corrected chi connectivity index (χ1v) is 11.1. The van der Waals surface area contributed by atoms with Gasteiger partial charge < -0.3 is 35.8 Å². The first-order valence-electron chi connectivity index (χ1n) is 11.1. The summed E-state index contributed by atoms with van der Waals surface area (Å²) in [6, 6.07) is 2.06. The number of carbonyl (C=O) groups excluding carboxylic acids is 4. The predicted molar refractivity (Wildman–Crippen MR) is 126 cm³/mol. The Bertz CT molecular complexity index is 897. The third-order valence-corrected chi connectivity index (χ3v) is 4.86. The van der Waals surface area contributed by atoms with Crippen molar-refractivity contribution >= 4 is 29.6 Å². The molecule has 0 saturated heterocycles. The zero-order chi connectivity index (χ0) is 26.5. The van der Waals surface area contributed by atoms with E-state index in [2.05, 4.69) is 21.3 Å². The van der Waals surface area contributed by atoms with Gasteiger partial charge in [-0.1, -0.05) is 20.8 Å². The van der Waals surface area contributed by atoms with E-state index in [1.165, 1.54) is 14.2 Å². The summed E-state index contributed by atoms with van der Waals surface area (Å²) in [7, 11) is 2.98. The van der Waals surface area contributed by atoms with Gasteiger partial charge in [-0.15, -0.1) is 0 Å². The number of ether oxygens (including phenoxy) is 2. The van der Waals surface area contributed by atoms with Gasteiger partial charge in [0.15, 0.2) is 0 Å². The van der Waals surface area contributed by atoms with Gasteiger partial charge in [0.25, 0.3) is 5.91 Å². The van der Waals surface area contributed by atoms with Crippen LogP contribution in [0.25, 0.3) is 0 Å². The number of methoxy groups -OCH3 is 2. The lowest BCUT2D eigenvalue weighted by atomic mass is 10.0. The van der Waals surface area contributed by atoms with E-state index in [0.717, 1.165) is 0 Å². The molecule has 0 aliphatic carbocycles. The Hall–Kier alpha value is -3.83. The topological polar surface area (TPSA) is 172 Å². The molecule has 0 spiro atoms. The van der Waals surface area contributed by atoms with Crippen molar-refractivity contribution in [3.05, 3.63) is 23.8 Å². The summed E-state index contributed by atoms with van der Waals surface area (Å²) in [5.74, 6) is -2.57. The Morgan fingerprint density at radius 3 is 2.00 bits per heavy atom. The Balaban J connectivity index is 2.80. The van der Waals surface area contributed by atoms with Gasteiger partial charge in [0.2, 0.25) is 11.7 Å². The largest absolute Gasteiger partial charge is 0.497 e. The van der Waals surface area contributed by atoms with Crippen LogP contribution in [-0.4, -0.2) is 67.6 Å². The van der Waals surface area contributed by atoms with Crippen LogP contribution in [0.1, 0.15) is 39.2 Å². The number of amides is 4. The van der Waals surface area contributed by atoms with Gasteiger partial charge in [0.05, 0.1) is 20.3 Å². The molecule has 0 aliphatic heterocycles. The molecule has 5 N–H and O–H groups in total. The second-order valence-corrected chi connectivity index (χ2v) is 8.14. The molecular weight excluding hydrogens is 460 g/mol. The summed E-state index contributed by atoms with van der Waals surface area (Å²) in [5.41, 5.74) is 0.646. The molecule has 12 heteroatoms. The van der Waals surface area contributed by atoms with Crippen LogP contribution in [-0.2, 0) is 25.7 Å². The molecule has 194 valence electrons. The zero-order valence-corrected chi connectivity index (χ0v) is 20.6. The number of aliphatic carboxylic acids is 1. The standard InChI is InChI=1S/C23H34N4O8/c1-6-17(26-21(31)18(7-13(2)3)27-23(33)25-12-19(28)29)20(30)22(32)24-11-14-8-15(34-4)10-16(9-14)35-5/h8-10,13,17-18H,6-7,11-12H2,1-5H3,(H,24,32)(H,26,31)(H,28,29)(H2,25,27,33)/t17?,18-/m0/s1. The Morgan fingerprint density at radius 2 is 1.51 bits per heavy atom. The van der Waals surface area contributed by atoms with E-state index in [1.807, 2.05) is 13.8 Å². The summed E-state index contributed by atoms with van der Waals surface area (Å²) in [6.07, 6.45) is 0.380. The third kappa shape index (κ3) is 10.3. The van der Waals surface area contributed by atoms with Crippen LogP contribution in [0.3, 0.4) is 0 Å². The van der Waals surface area contributed by atoms with Gasteiger partial charge in [0.1, 0.15) is 24.1 Å². The molecule has 0 heterocycles. The molecule has 0 radical (unpaired) electrons. The van der Waals surface area contributed by atoms with Crippen molar-refractivity contribution in [3.63, 3.8) is 0 Å². The molecule has 0 aromatic heterocycles. The fourth-order valence-corrected chi connectivity index (χ4v) is 3.09. The van der Waals surface area contributed by atoms with Crippen molar-refractivity contribution in [2.45, 2.75) is 52.2 Å². The van der Waals surface area contributed by atoms with Crippen molar-refractivity contribution in [2.24, 2.45) is 5.92 Å². The number of carboxylic acids is 1. The van der Waals surface area contributed by atoms with Crippen molar-refractivity contribution in [3.8, 4) is 11.5 Å². The zero-order valence-electron chi connectivity index (χ0n) is 20.6. The highest BCUT2D eigenvalue weighted by molar-refractivity contribution is 6.38. The van der Waals surface area contributed by atoms with Crippen LogP contribution in [0, 0.1) is 5.92 Å². The average Bonchev–Trinajstić information content (AvgIpc) is 2.82. The van der Waals surface area contributed by atoms with E-state index < -0.39 is 48.2 Å². The lowest BCUT2D eigenvalue weighted by Crippen LogP contribution is -2.55. The van der Waals surface area contributed by atoms with Gasteiger partial charge in [-0.3, -0.25) is 19.2 Å². The minimum Gasteiger partial charge on any atom is -0.497 e. The highest BCUT2D eigenvalue weighted by atomic mass is 16.5. The second kappa shape index (κ2) is 14.4. The Morgan fingerprint density at radius 1 is 0.914 bits per heavy atom. The fourth-order valence-electron chi connectivity index (χ4n) is 3.09. The van der Waals surface area contributed by atoms with Gasteiger partial charge >= 0.3 is 12.0 Å². The SMILES string of the molecule is CCC(NC(=O)[C@H](CC(C)C)NC(=O)NCC(=O)O)C(=O)C(=O)NCc1cc(OC)cc(OC)c1. The van der Waals surface area contributed by atoms with Crippen molar-refractivity contribution < 1.29 is 38.6 Å². The fraction of sp³-hybridized carbons (Fsp3) is 0.522. The van der Waals surface area contributed by atoms with Gasteiger partial charge in [-0.05, 0) is 36.5 Å². The number of Topliss-reactive ketones (excluding diaryl/α,β-unsaturated/α-hetero) is 1. The highest BCUT2D eigenvalue weighted by Crippen LogP contribution is 2.22. The summed E-state index contributed by atoms with van der Waals surface area (Å²) >= 11 is 0. The normalized spacial score (nSPS) is 12.2. The monoisotopic (exact) mass is 494 g/mol. The lowest BCUT2D eigenvalue weighted by Gasteiger charge is -2.23.